The molecule has 3 aliphatic rings. The first-order chi connectivity index (χ1) is 12.8. The van der Waals surface area contributed by atoms with Crippen molar-refractivity contribution in [1.82, 2.24) is 0 Å². The van der Waals surface area contributed by atoms with Crippen LogP contribution < -0.4 is 4.74 Å². The Labute approximate surface area is 159 Å². The van der Waals surface area contributed by atoms with Crippen molar-refractivity contribution in [1.29, 1.82) is 0 Å². The van der Waals surface area contributed by atoms with Crippen LogP contribution in [0.1, 0.15) is 74.7 Å². The van der Waals surface area contributed by atoms with Crippen LogP contribution in [0.3, 0.4) is 0 Å². The Morgan fingerprint density at radius 2 is 1.89 bits per heavy atom. The number of rotatable bonds is 2. The molecule has 1 aromatic rings. The van der Waals surface area contributed by atoms with Crippen molar-refractivity contribution in [3.8, 4) is 5.75 Å². The fraction of sp³-hybridized carbons (Fsp3) is 0.591. The first-order valence-electron chi connectivity index (χ1n) is 9.82. The van der Waals surface area contributed by atoms with Gasteiger partial charge in [0.15, 0.2) is 5.78 Å². The molecular formula is C22H26O5. The quantitative estimate of drug-likeness (QED) is 0.580. The Kier molecular flexibility index (Phi) is 4.36. The van der Waals surface area contributed by atoms with Crippen LogP contribution in [0.4, 0.5) is 0 Å². The third-order valence-corrected chi connectivity index (χ3v) is 7.07. The van der Waals surface area contributed by atoms with Crippen LogP contribution in [0, 0.1) is 17.3 Å². The lowest BCUT2D eigenvalue weighted by atomic mass is 9.55. The van der Waals surface area contributed by atoms with E-state index >= 15 is 0 Å². The van der Waals surface area contributed by atoms with E-state index in [1.807, 2.05) is 6.07 Å². The molecule has 5 nitrogen and oxygen atoms in total. The molecule has 0 spiro atoms. The minimum absolute atomic E-state index is 0.0382. The summed E-state index contributed by atoms with van der Waals surface area (Å²) in [6.45, 7) is 5.07. The lowest BCUT2D eigenvalue weighted by Crippen LogP contribution is -2.45. The molecule has 5 heteroatoms. The van der Waals surface area contributed by atoms with Crippen LogP contribution in [-0.2, 0) is 14.3 Å². The molecule has 27 heavy (non-hydrogen) atoms. The first-order valence-corrected chi connectivity index (χ1v) is 9.82. The van der Waals surface area contributed by atoms with E-state index in [1.54, 1.807) is 12.1 Å². The Balaban J connectivity index is 1.64. The highest BCUT2D eigenvalue weighted by atomic mass is 16.5. The fourth-order valence-electron chi connectivity index (χ4n) is 5.96. The van der Waals surface area contributed by atoms with Gasteiger partial charge in [-0.05, 0) is 61.1 Å². The van der Waals surface area contributed by atoms with Gasteiger partial charge in [0.25, 0.3) is 0 Å². The molecule has 0 aliphatic heterocycles. The number of ether oxygens (including phenoxy) is 2. The van der Waals surface area contributed by atoms with Crippen molar-refractivity contribution in [2.75, 3.05) is 0 Å². The number of carbonyl (C=O) groups excluding carboxylic acids is 3. The molecular weight excluding hydrogens is 344 g/mol. The molecule has 0 bridgehead atoms. The summed E-state index contributed by atoms with van der Waals surface area (Å²) in [7, 11) is 0. The molecule has 5 atom stereocenters. The second-order valence-electron chi connectivity index (χ2n) is 8.57. The standard InChI is InChI=1S/C22H26O5/c1-12(23)26-14-4-5-15-16-8-9-22(3)19(6-7-21(22)27-13(2)24)17(16)11-20(25)18(15)10-14/h4-5,10,16-17,19,21H,6-9,11H2,1-3H3/t16-,17-,19+,21?,22+/m1/s1. The summed E-state index contributed by atoms with van der Waals surface area (Å²) < 4.78 is 10.8. The lowest BCUT2D eigenvalue weighted by Gasteiger charge is -2.50. The summed E-state index contributed by atoms with van der Waals surface area (Å²) in [5.41, 5.74) is 1.75. The van der Waals surface area contributed by atoms with Crippen LogP contribution in [-0.4, -0.2) is 23.8 Å². The molecule has 2 fully saturated rings. The number of fused-ring (bicyclic) bond motifs is 5. The predicted molar refractivity (Wildman–Crippen MR) is 98.5 cm³/mol. The number of carbonyl (C=O) groups is 3. The lowest BCUT2D eigenvalue weighted by molar-refractivity contribution is -0.154. The number of Topliss-reactive ketones (excluding diaryl/α,β-unsaturated/α-hetero) is 1. The third kappa shape index (κ3) is 2.97. The smallest absolute Gasteiger partial charge is 0.308 e. The van der Waals surface area contributed by atoms with Crippen molar-refractivity contribution in [2.24, 2.45) is 17.3 Å². The minimum Gasteiger partial charge on any atom is -0.462 e. The van der Waals surface area contributed by atoms with Crippen molar-refractivity contribution in [3.63, 3.8) is 0 Å². The zero-order valence-corrected chi connectivity index (χ0v) is 16.1. The van der Waals surface area contributed by atoms with E-state index in [1.165, 1.54) is 13.8 Å². The zero-order chi connectivity index (χ0) is 19.3. The number of hydrogen-bond acceptors (Lipinski definition) is 5. The number of esters is 2. The van der Waals surface area contributed by atoms with Gasteiger partial charge in [0, 0.05) is 31.2 Å². The van der Waals surface area contributed by atoms with Crippen molar-refractivity contribution in [2.45, 2.75) is 64.9 Å². The number of benzene rings is 1. The maximum absolute atomic E-state index is 12.9. The summed E-state index contributed by atoms with van der Waals surface area (Å²) in [6, 6.07) is 5.48. The molecule has 1 unspecified atom stereocenters. The molecule has 3 aliphatic carbocycles. The Hall–Kier alpha value is -2.17. The van der Waals surface area contributed by atoms with Crippen LogP contribution in [0.2, 0.25) is 0 Å². The minimum atomic E-state index is -0.382. The molecule has 0 radical (unpaired) electrons. The predicted octanol–water partition coefficient (Wildman–Crippen LogP) is 4.04. The van der Waals surface area contributed by atoms with E-state index in [2.05, 4.69) is 6.92 Å². The third-order valence-electron chi connectivity index (χ3n) is 7.07. The highest BCUT2D eigenvalue weighted by Crippen LogP contribution is 2.61. The Morgan fingerprint density at radius 1 is 1.11 bits per heavy atom. The van der Waals surface area contributed by atoms with E-state index in [9.17, 15) is 14.4 Å². The SMILES string of the molecule is CC(=O)Oc1ccc2c(c1)C(=O)C[C@@H]1[C@@H]2CC[C@]2(C)C(OC(C)=O)CC[C@@H]12. The number of hydrogen-bond donors (Lipinski definition) is 0. The van der Waals surface area contributed by atoms with E-state index < -0.39 is 0 Å². The summed E-state index contributed by atoms with van der Waals surface area (Å²) in [5, 5.41) is 0. The Bertz CT molecular complexity index is 813. The monoisotopic (exact) mass is 370 g/mol. The molecule has 0 heterocycles. The summed E-state index contributed by atoms with van der Waals surface area (Å²) in [5.74, 6) is 0.997. The molecule has 0 aromatic heterocycles. The van der Waals surface area contributed by atoms with Gasteiger partial charge in [-0.15, -0.1) is 0 Å². The second kappa shape index (κ2) is 6.47. The first kappa shape index (κ1) is 18.2. The molecule has 0 N–H and O–H groups in total. The molecule has 2 saturated carbocycles. The average Bonchev–Trinajstić information content (AvgIpc) is 2.91. The highest BCUT2D eigenvalue weighted by molar-refractivity contribution is 5.99. The molecule has 0 saturated heterocycles. The summed E-state index contributed by atoms with van der Waals surface area (Å²) in [4.78, 5) is 35.6. The second-order valence-corrected chi connectivity index (χ2v) is 8.57. The van der Waals surface area contributed by atoms with Gasteiger partial charge in [-0.3, -0.25) is 14.4 Å². The van der Waals surface area contributed by atoms with Crippen molar-refractivity contribution >= 4 is 17.7 Å². The number of ketones is 1. The van der Waals surface area contributed by atoms with Crippen molar-refractivity contribution < 1.29 is 23.9 Å². The van der Waals surface area contributed by atoms with Gasteiger partial charge >= 0.3 is 11.9 Å². The van der Waals surface area contributed by atoms with Crippen LogP contribution in [0.5, 0.6) is 5.75 Å². The van der Waals surface area contributed by atoms with Gasteiger partial charge in [-0.2, -0.15) is 0 Å². The Morgan fingerprint density at radius 3 is 2.59 bits per heavy atom. The van der Waals surface area contributed by atoms with Gasteiger partial charge in [0.05, 0.1) is 0 Å². The maximum Gasteiger partial charge on any atom is 0.308 e. The van der Waals surface area contributed by atoms with Crippen LogP contribution >= 0.6 is 0 Å². The van der Waals surface area contributed by atoms with E-state index in [-0.39, 0.29) is 29.2 Å². The molecule has 1 aromatic carbocycles. The maximum atomic E-state index is 12.9. The topological polar surface area (TPSA) is 69.7 Å². The normalized spacial score (nSPS) is 34.3. The van der Waals surface area contributed by atoms with E-state index in [0.29, 0.717) is 35.5 Å². The summed E-state index contributed by atoms with van der Waals surface area (Å²) >= 11 is 0. The van der Waals surface area contributed by atoms with Gasteiger partial charge in [0.2, 0.25) is 0 Å². The van der Waals surface area contributed by atoms with Gasteiger partial charge < -0.3 is 9.47 Å². The van der Waals surface area contributed by atoms with Crippen LogP contribution in [0.15, 0.2) is 18.2 Å². The zero-order valence-electron chi connectivity index (χ0n) is 16.1. The van der Waals surface area contributed by atoms with E-state index in [4.69, 9.17) is 9.47 Å². The van der Waals surface area contributed by atoms with Gasteiger partial charge in [-0.1, -0.05) is 13.0 Å². The molecule has 4 rings (SSSR count). The van der Waals surface area contributed by atoms with E-state index in [0.717, 1.165) is 31.2 Å². The van der Waals surface area contributed by atoms with Crippen molar-refractivity contribution in [3.05, 3.63) is 29.3 Å². The molecule has 0 amide bonds. The molecule has 144 valence electrons. The van der Waals surface area contributed by atoms with Crippen LogP contribution in [0.25, 0.3) is 0 Å². The average molecular weight is 370 g/mol. The summed E-state index contributed by atoms with van der Waals surface area (Å²) in [6.07, 6.45) is 4.36. The highest BCUT2D eigenvalue weighted by Gasteiger charge is 2.57. The van der Waals surface area contributed by atoms with Gasteiger partial charge in [0.1, 0.15) is 11.9 Å². The fourth-order valence-corrected chi connectivity index (χ4v) is 5.96. The van der Waals surface area contributed by atoms with Gasteiger partial charge in [-0.25, -0.2) is 0 Å². The largest absolute Gasteiger partial charge is 0.462 e.